The van der Waals surface area contributed by atoms with Crippen LogP contribution in [-0.2, 0) is 0 Å². The summed E-state index contributed by atoms with van der Waals surface area (Å²) in [6.45, 7) is 6.65. The Labute approximate surface area is 149 Å². The Morgan fingerprint density at radius 1 is 1.20 bits per heavy atom. The summed E-state index contributed by atoms with van der Waals surface area (Å²) in [5.74, 6) is 0.784. The summed E-state index contributed by atoms with van der Waals surface area (Å²) in [4.78, 5) is 18.3. The molecule has 2 heterocycles. The number of rotatable bonds is 3. The van der Waals surface area contributed by atoms with E-state index in [1.165, 1.54) is 16.9 Å². The molecule has 0 unspecified atom stereocenters. The van der Waals surface area contributed by atoms with E-state index in [2.05, 4.69) is 18.8 Å². The summed E-state index contributed by atoms with van der Waals surface area (Å²) < 4.78 is 8.02. The van der Waals surface area contributed by atoms with Gasteiger partial charge in [-0.25, -0.2) is 9.38 Å². The summed E-state index contributed by atoms with van der Waals surface area (Å²) >= 11 is 1.41. The van der Waals surface area contributed by atoms with Crippen LogP contribution in [0.25, 0.3) is 22.1 Å². The van der Waals surface area contributed by atoms with E-state index in [0.29, 0.717) is 11.1 Å². The van der Waals surface area contributed by atoms with Crippen molar-refractivity contribution in [3.63, 3.8) is 0 Å². The molecule has 4 aromatic rings. The highest BCUT2D eigenvalue weighted by Gasteiger charge is 2.12. The van der Waals surface area contributed by atoms with Gasteiger partial charge in [0.25, 0.3) is 5.56 Å². The zero-order chi connectivity index (χ0) is 17.6. The van der Waals surface area contributed by atoms with Crippen LogP contribution in [-0.4, -0.2) is 16.0 Å². The van der Waals surface area contributed by atoms with Crippen molar-refractivity contribution >= 4 is 33.4 Å². The molecule has 126 valence electrons. The minimum atomic E-state index is -0.0305. The molecule has 0 spiro atoms. The van der Waals surface area contributed by atoms with Crippen LogP contribution >= 0.6 is 11.3 Å². The lowest BCUT2D eigenvalue weighted by Crippen LogP contribution is -2.22. The van der Waals surface area contributed by atoms with Crippen LogP contribution in [0.1, 0.15) is 23.6 Å². The van der Waals surface area contributed by atoms with Gasteiger partial charge < -0.3 is 4.74 Å². The van der Waals surface area contributed by atoms with Crippen molar-refractivity contribution in [2.45, 2.75) is 20.8 Å². The molecule has 0 aliphatic rings. The first-order valence-corrected chi connectivity index (χ1v) is 9.06. The number of ether oxygens (including phenoxy) is 1. The lowest BCUT2D eigenvalue weighted by molar-refractivity contribution is 0.339. The van der Waals surface area contributed by atoms with Crippen molar-refractivity contribution in [3.05, 3.63) is 68.0 Å². The maximum Gasteiger partial charge on any atom is 0.274 e. The average molecular weight is 350 g/mol. The number of hydrogen-bond acceptors (Lipinski definition) is 4. The Morgan fingerprint density at radius 3 is 2.76 bits per heavy atom. The minimum Gasteiger partial charge on any atom is -0.493 e. The summed E-state index contributed by atoms with van der Waals surface area (Å²) in [5, 5.41) is 0. The number of imidazole rings is 1. The van der Waals surface area contributed by atoms with Gasteiger partial charge in [0.15, 0.2) is 4.96 Å². The van der Waals surface area contributed by atoms with Gasteiger partial charge in [-0.15, -0.1) is 0 Å². The molecule has 5 heteroatoms. The van der Waals surface area contributed by atoms with Crippen molar-refractivity contribution in [2.24, 2.45) is 0 Å². The number of aryl methyl sites for hydroxylation is 2. The maximum atomic E-state index is 12.9. The fraction of sp³-hybridized carbons (Fsp3) is 0.200. The molecule has 0 atom stereocenters. The molecule has 0 saturated carbocycles. The summed E-state index contributed by atoms with van der Waals surface area (Å²) in [5.41, 5.74) is 4.96. The molecule has 0 N–H and O–H groups in total. The van der Waals surface area contributed by atoms with Gasteiger partial charge in [0.2, 0.25) is 0 Å². The average Bonchev–Trinajstić information content (AvgIpc) is 3.07. The third-order valence-electron chi connectivity index (χ3n) is 4.36. The lowest BCUT2D eigenvalue weighted by atomic mass is 10.1. The second-order valence-corrected chi connectivity index (χ2v) is 7.05. The zero-order valence-electron chi connectivity index (χ0n) is 14.4. The molecule has 0 aliphatic carbocycles. The van der Waals surface area contributed by atoms with Crippen molar-refractivity contribution in [1.29, 1.82) is 0 Å². The molecule has 0 saturated heterocycles. The molecule has 0 amide bonds. The number of para-hydroxylation sites is 1. The van der Waals surface area contributed by atoms with E-state index in [0.717, 1.165) is 32.9 Å². The van der Waals surface area contributed by atoms with Gasteiger partial charge in [-0.2, -0.15) is 0 Å². The molecule has 4 nitrogen and oxygen atoms in total. The summed E-state index contributed by atoms with van der Waals surface area (Å²) in [6, 6.07) is 11.8. The first-order valence-electron chi connectivity index (χ1n) is 8.24. The predicted octanol–water partition coefficient (Wildman–Crippen LogP) is 3.47. The van der Waals surface area contributed by atoms with E-state index in [-0.39, 0.29) is 5.56 Å². The smallest absolute Gasteiger partial charge is 0.274 e. The molecule has 2 aromatic carbocycles. The zero-order valence-corrected chi connectivity index (χ0v) is 15.2. The van der Waals surface area contributed by atoms with Crippen LogP contribution in [0.15, 0.2) is 41.2 Å². The number of nitrogens with zero attached hydrogens (tertiary/aromatic N) is 2. The number of fused-ring (bicyclic) bond motifs is 3. The number of thiazole rings is 1. The Bertz CT molecular complexity index is 1200. The van der Waals surface area contributed by atoms with Crippen molar-refractivity contribution in [2.75, 3.05) is 6.61 Å². The molecule has 25 heavy (non-hydrogen) atoms. The van der Waals surface area contributed by atoms with Crippen LogP contribution in [0.3, 0.4) is 0 Å². The highest BCUT2D eigenvalue weighted by atomic mass is 32.1. The van der Waals surface area contributed by atoms with E-state index >= 15 is 0 Å². The molecular formula is C20H18N2O2S. The number of hydrogen-bond donors (Lipinski definition) is 0. The van der Waals surface area contributed by atoms with Crippen molar-refractivity contribution in [1.82, 2.24) is 9.38 Å². The minimum absolute atomic E-state index is 0.0305. The largest absolute Gasteiger partial charge is 0.493 e. The highest BCUT2D eigenvalue weighted by molar-refractivity contribution is 7.15. The van der Waals surface area contributed by atoms with Crippen LogP contribution in [0.5, 0.6) is 5.75 Å². The molecule has 4 rings (SSSR count). The Morgan fingerprint density at radius 2 is 1.96 bits per heavy atom. The van der Waals surface area contributed by atoms with E-state index in [1.807, 2.05) is 49.4 Å². The monoisotopic (exact) mass is 350 g/mol. The van der Waals surface area contributed by atoms with Crippen LogP contribution in [0.2, 0.25) is 0 Å². The molecule has 0 bridgehead atoms. The summed E-state index contributed by atoms with van der Waals surface area (Å²) in [6.07, 6.45) is 1.89. The molecule has 0 fully saturated rings. The standard InChI is InChI=1S/C20H18N2O2S/c1-4-24-17-8-6-5-7-14(17)11-18-19(23)22-16-10-13(3)12(2)9-15(16)21-20(22)25-18/h5-11H,4H2,1-3H3/b18-11+. The van der Waals surface area contributed by atoms with Crippen LogP contribution in [0.4, 0.5) is 0 Å². The fourth-order valence-electron chi connectivity index (χ4n) is 2.95. The van der Waals surface area contributed by atoms with Gasteiger partial charge in [0.05, 0.1) is 22.2 Å². The van der Waals surface area contributed by atoms with E-state index in [9.17, 15) is 4.79 Å². The van der Waals surface area contributed by atoms with Gasteiger partial charge in [0, 0.05) is 5.56 Å². The van der Waals surface area contributed by atoms with Crippen molar-refractivity contribution < 1.29 is 4.74 Å². The Kier molecular flexibility index (Phi) is 3.81. The topological polar surface area (TPSA) is 43.6 Å². The molecular weight excluding hydrogens is 332 g/mol. The van der Waals surface area contributed by atoms with Gasteiger partial charge >= 0.3 is 0 Å². The molecule has 2 aromatic heterocycles. The first kappa shape index (κ1) is 15.8. The third-order valence-corrected chi connectivity index (χ3v) is 5.33. The van der Waals surface area contributed by atoms with Gasteiger partial charge in [-0.05, 0) is 56.2 Å². The van der Waals surface area contributed by atoms with E-state index < -0.39 is 0 Å². The second kappa shape index (κ2) is 6.01. The Hall–Kier alpha value is -2.66. The normalized spacial score (nSPS) is 12.4. The fourth-order valence-corrected chi connectivity index (χ4v) is 3.92. The van der Waals surface area contributed by atoms with Gasteiger partial charge in [0.1, 0.15) is 5.75 Å². The quantitative estimate of drug-likeness (QED) is 0.568. The Balaban J connectivity index is 1.97. The van der Waals surface area contributed by atoms with E-state index in [1.54, 1.807) is 4.40 Å². The maximum absolute atomic E-state index is 12.9. The highest BCUT2D eigenvalue weighted by Crippen LogP contribution is 2.22. The summed E-state index contributed by atoms with van der Waals surface area (Å²) in [7, 11) is 0. The lowest BCUT2D eigenvalue weighted by Gasteiger charge is -2.05. The number of aromatic nitrogens is 2. The van der Waals surface area contributed by atoms with Crippen LogP contribution < -0.4 is 14.8 Å². The predicted molar refractivity (Wildman–Crippen MR) is 103 cm³/mol. The second-order valence-electron chi connectivity index (χ2n) is 6.04. The number of benzene rings is 2. The third kappa shape index (κ3) is 2.61. The van der Waals surface area contributed by atoms with Gasteiger partial charge in [-0.3, -0.25) is 4.79 Å². The first-order chi connectivity index (χ1) is 12.1. The van der Waals surface area contributed by atoms with Crippen molar-refractivity contribution in [3.8, 4) is 5.75 Å². The van der Waals surface area contributed by atoms with Gasteiger partial charge in [-0.1, -0.05) is 29.5 Å². The molecule has 0 radical (unpaired) electrons. The van der Waals surface area contributed by atoms with Crippen LogP contribution in [0, 0.1) is 13.8 Å². The van der Waals surface area contributed by atoms with E-state index in [4.69, 9.17) is 4.74 Å². The SMILES string of the molecule is CCOc1ccccc1/C=c1/sc2nc3cc(C)c(C)cc3n2c1=O. The molecule has 0 aliphatic heterocycles.